The minimum absolute atomic E-state index is 0.198. The van der Waals surface area contributed by atoms with Crippen LogP contribution in [-0.4, -0.2) is 17.3 Å². The van der Waals surface area contributed by atoms with Crippen molar-refractivity contribution in [1.82, 2.24) is 0 Å². The van der Waals surface area contributed by atoms with Gasteiger partial charge in [-0.05, 0) is 18.6 Å². The van der Waals surface area contributed by atoms with Crippen molar-refractivity contribution in [1.29, 1.82) is 0 Å². The largest absolute Gasteiger partial charge is 0.290 e. The molecule has 1 atom stereocenters. The van der Waals surface area contributed by atoms with Crippen LogP contribution in [0.1, 0.15) is 19.3 Å². The lowest BCUT2D eigenvalue weighted by Crippen LogP contribution is -2.09. The Balaban J connectivity index is 2.22. The molecule has 0 spiro atoms. The van der Waals surface area contributed by atoms with Gasteiger partial charge in [-0.1, -0.05) is 6.42 Å². The Morgan fingerprint density at radius 3 is 2.75 bits per heavy atom. The molecule has 1 fully saturated rings. The van der Waals surface area contributed by atoms with E-state index in [0.717, 1.165) is 12.2 Å². The normalized spacial score (nSPS) is 29.8. The lowest BCUT2D eigenvalue weighted by molar-refractivity contribution is 0.546. The van der Waals surface area contributed by atoms with Gasteiger partial charge in [-0.25, -0.2) is 0 Å². The fourth-order valence-electron chi connectivity index (χ4n) is 0.834. The molecule has 0 N–H and O–H groups in total. The Hall–Kier alpha value is 0.0200. The zero-order valence-electron chi connectivity index (χ0n) is 4.72. The van der Waals surface area contributed by atoms with E-state index in [-0.39, 0.29) is 5.25 Å². The van der Waals surface area contributed by atoms with Gasteiger partial charge in [0.25, 0.3) is 0 Å². The molecular formula is C6H9OS. The highest BCUT2D eigenvalue weighted by Gasteiger charge is 2.12. The number of thioether (sulfide) groups is 1. The number of hydrogen-bond acceptors (Lipinski definition) is 2. The molecule has 1 nitrogen and oxygen atoms in total. The molecule has 0 saturated carbocycles. The highest BCUT2D eigenvalue weighted by molar-refractivity contribution is 8.00. The minimum Gasteiger partial charge on any atom is -0.290 e. The zero-order valence-corrected chi connectivity index (χ0v) is 5.54. The molecule has 0 aliphatic carbocycles. The third kappa shape index (κ3) is 1.51. The molecule has 1 aliphatic heterocycles. The first-order valence-electron chi connectivity index (χ1n) is 2.93. The summed E-state index contributed by atoms with van der Waals surface area (Å²) in [6, 6.07) is 0. The van der Waals surface area contributed by atoms with Gasteiger partial charge in [0.05, 0.1) is 5.25 Å². The maximum absolute atomic E-state index is 10.0. The number of rotatable bonds is 1. The van der Waals surface area contributed by atoms with Crippen molar-refractivity contribution < 1.29 is 4.79 Å². The SMILES string of the molecule is O=[C]C1CCCCS1. The van der Waals surface area contributed by atoms with Gasteiger partial charge in [0.1, 0.15) is 0 Å². The van der Waals surface area contributed by atoms with Crippen molar-refractivity contribution in [3.05, 3.63) is 0 Å². The lowest BCUT2D eigenvalue weighted by Gasteiger charge is -2.13. The molecule has 0 aromatic carbocycles. The van der Waals surface area contributed by atoms with Gasteiger partial charge in [0, 0.05) is 0 Å². The summed E-state index contributed by atoms with van der Waals surface area (Å²) in [6.07, 6.45) is 5.56. The summed E-state index contributed by atoms with van der Waals surface area (Å²) in [5.41, 5.74) is 0. The van der Waals surface area contributed by atoms with Crippen LogP contribution < -0.4 is 0 Å². The van der Waals surface area contributed by atoms with Gasteiger partial charge in [0.2, 0.25) is 6.29 Å². The summed E-state index contributed by atoms with van der Waals surface area (Å²) < 4.78 is 0. The van der Waals surface area contributed by atoms with Crippen LogP contribution in [0.3, 0.4) is 0 Å². The summed E-state index contributed by atoms with van der Waals surface area (Å²) in [5, 5.41) is 0.198. The predicted molar refractivity (Wildman–Crippen MR) is 35.8 cm³/mol. The Morgan fingerprint density at radius 2 is 2.38 bits per heavy atom. The van der Waals surface area contributed by atoms with E-state index in [1.165, 1.54) is 12.8 Å². The quantitative estimate of drug-likeness (QED) is 0.532. The van der Waals surface area contributed by atoms with Gasteiger partial charge in [-0.15, -0.1) is 0 Å². The van der Waals surface area contributed by atoms with Crippen molar-refractivity contribution in [3.63, 3.8) is 0 Å². The molecule has 1 saturated heterocycles. The second-order valence-corrected chi connectivity index (χ2v) is 3.28. The molecule has 0 aromatic rings. The van der Waals surface area contributed by atoms with Crippen LogP contribution in [0.4, 0.5) is 0 Å². The first kappa shape index (κ1) is 6.14. The molecule has 2 heteroatoms. The molecule has 1 aliphatic rings. The van der Waals surface area contributed by atoms with Crippen LogP contribution >= 0.6 is 11.8 Å². The van der Waals surface area contributed by atoms with Gasteiger partial charge < -0.3 is 0 Å². The first-order chi connectivity index (χ1) is 3.93. The third-order valence-electron chi connectivity index (χ3n) is 1.31. The Labute approximate surface area is 53.8 Å². The minimum atomic E-state index is 0.198. The van der Waals surface area contributed by atoms with Gasteiger partial charge in [-0.2, -0.15) is 11.8 Å². The van der Waals surface area contributed by atoms with Crippen molar-refractivity contribution >= 4 is 18.0 Å². The number of carbonyl (C=O) groups excluding carboxylic acids is 1. The van der Waals surface area contributed by atoms with E-state index in [1.54, 1.807) is 11.8 Å². The molecule has 45 valence electrons. The summed E-state index contributed by atoms with van der Waals surface area (Å²) in [5.74, 6) is 1.15. The maximum Gasteiger partial charge on any atom is 0.212 e. The smallest absolute Gasteiger partial charge is 0.212 e. The first-order valence-corrected chi connectivity index (χ1v) is 3.97. The third-order valence-corrected chi connectivity index (χ3v) is 2.57. The summed E-state index contributed by atoms with van der Waals surface area (Å²) in [7, 11) is 0. The van der Waals surface area contributed by atoms with E-state index in [4.69, 9.17) is 0 Å². The monoisotopic (exact) mass is 129 g/mol. The summed E-state index contributed by atoms with van der Waals surface area (Å²) >= 11 is 1.74. The van der Waals surface area contributed by atoms with Crippen molar-refractivity contribution in [3.8, 4) is 0 Å². The van der Waals surface area contributed by atoms with Crippen LogP contribution in [0.25, 0.3) is 0 Å². The maximum atomic E-state index is 10.0. The molecule has 1 unspecified atom stereocenters. The van der Waals surface area contributed by atoms with Gasteiger partial charge >= 0.3 is 0 Å². The molecule has 1 heterocycles. The lowest BCUT2D eigenvalue weighted by atomic mass is 10.2. The van der Waals surface area contributed by atoms with Crippen LogP contribution in [0.15, 0.2) is 0 Å². The van der Waals surface area contributed by atoms with E-state index in [9.17, 15) is 4.79 Å². The van der Waals surface area contributed by atoms with Crippen molar-refractivity contribution in [2.45, 2.75) is 24.5 Å². The van der Waals surface area contributed by atoms with Gasteiger partial charge in [-0.3, -0.25) is 4.79 Å². The molecule has 1 radical (unpaired) electrons. The average molecular weight is 129 g/mol. The van der Waals surface area contributed by atoms with E-state index >= 15 is 0 Å². The molecular weight excluding hydrogens is 120 g/mol. The van der Waals surface area contributed by atoms with E-state index in [0.29, 0.717) is 0 Å². The van der Waals surface area contributed by atoms with Crippen LogP contribution in [-0.2, 0) is 4.79 Å². The highest BCUT2D eigenvalue weighted by atomic mass is 32.2. The van der Waals surface area contributed by atoms with Crippen molar-refractivity contribution in [2.24, 2.45) is 0 Å². The van der Waals surface area contributed by atoms with Crippen LogP contribution in [0.5, 0.6) is 0 Å². The van der Waals surface area contributed by atoms with Crippen LogP contribution in [0.2, 0.25) is 0 Å². The standard InChI is InChI=1S/C6H9OS/c7-5-6-3-1-2-4-8-6/h6H,1-4H2. The Kier molecular flexibility index (Phi) is 2.40. The fourth-order valence-corrected chi connectivity index (χ4v) is 1.89. The van der Waals surface area contributed by atoms with Crippen LogP contribution in [0, 0.1) is 0 Å². The van der Waals surface area contributed by atoms with Crippen molar-refractivity contribution in [2.75, 3.05) is 5.75 Å². The Bertz CT molecular complexity index is 76.6. The predicted octanol–water partition coefficient (Wildman–Crippen LogP) is 1.38. The molecule has 0 bridgehead atoms. The summed E-state index contributed by atoms with van der Waals surface area (Å²) in [6.45, 7) is 0. The summed E-state index contributed by atoms with van der Waals surface area (Å²) in [4.78, 5) is 10.0. The molecule has 1 rings (SSSR count). The molecule has 0 aromatic heterocycles. The second-order valence-electron chi connectivity index (χ2n) is 1.97. The average Bonchev–Trinajstić information content (AvgIpc) is 1.90. The highest BCUT2D eigenvalue weighted by Crippen LogP contribution is 2.22. The molecule has 8 heavy (non-hydrogen) atoms. The van der Waals surface area contributed by atoms with Gasteiger partial charge in [0.15, 0.2) is 0 Å². The second kappa shape index (κ2) is 3.13. The fraction of sp³-hybridized carbons (Fsp3) is 0.833. The molecule has 0 amide bonds. The Morgan fingerprint density at radius 1 is 1.50 bits per heavy atom. The number of hydrogen-bond donors (Lipinski definition) is 0. The van der Waals surface area contributed by atoms with E-state index in [2.05, 4.69) is 0 Å². The topological polar surface area (TPSA) is 17.1 Å². The van der Waals surface area contributed by atoms with E-state index in [1.807, 2.05) is 6.29 Å². The zero-order chi connectivity index (χ0) is 5.82. The van der Waals surface area contributed by atoms with E-state index < -0.39 is 0 Å².